The molecule has 3 N–H and O–H groups in total. The van der Waals surface area contributed by atoms with Crippen LogP contribution in [0.5, 0.6) is 0 Å². The predicted octanol–water partition coefficient (Wildman–Crippen LogP) is 4.06. The molecule has 7 nitrogen and oxygen atoms in total. The van der Waals surface area contributed by atoms with Crippen LogP contribution < -0.4 is 16.0 Å². The lowest BCUT2D eigenvalue weighted by Crippen LogP contribution is -2.29. The van der Waals surface area contributed by atoms with E-state index in [0.717, 1.165) is 0 Å². The number of hydrogen-bond donors (Lipinski definition) is 3. The molecular formula is C23H28N6O. The third-order valence-electron chi connectivity index (χ3n) is 4.49. The summed E-state index contributed by atoms with van der Waals surface area (Å²) in [7, 11) is 0. The summed E-state index contributed by atoms with van der Waals surface area (Å²) in [4.78, 5) is 25.3. The zero-order valence-corrected chi connectivity index (χ0v) is 17.9. The van der Waals surface area contributed by atoms with Gasteiger partial charge in [0.25, 0.3) is 5.91 Å². The van der Waals surface area contributed by atoms with E-state index in [1.807, 2.05) is 55.5 Å². The number of nitrogens with zero attached hydrogens (tertiary/aromatic N) is 3. The molecule has 0 spiro atoms. The van der Waals surface area contributed by atoms with Crippen LogP contribution in [-0.4, -0.2) is 33.9 Å². The highest BCUT2D eigenvalue weighted by Gasteiger charge is 2.14. The number of aromatic nitrogens is 3. The Balaban J connectivity index is 1.51. The molecule has 1 aromatic carbocycles. The van der Waals surface area contributed by atoms with Crippen molar-refractivity contribution in [2.75, 3.05) is 23.7 Å². The smallest absolute Gasteiger partial charge is 0.251 e. The molecule has 156 valence electrons. The number of carbonyl (C=O) groups excluding carboxylic acids is 1. The summed E-state index contributed by atoms with van der Waals surface area (Å²) in [5, 5.41) is 9.31. The van der Waals surface area contributed by atoms with Crippen molar-refractivity contribution in [3.8, 4) is 0 Å². The van der Waals surface area contributed by atoms with Gasteiger partial charge in [0.1, 0.15) is 23.3 Å². The van der Waals surface area contributed by atoms with Crippen LogP contribution in [-0.2, 0) is 5.41 Å². The summed E-state index contributed by atoms with van der Waals surface area (Å²) in [6.07, 6.45) is 1.72. The van der Waals surface area contributed by atoms with Crippen molar-refractivity contribution < 1.29 is 4.79 Å². The topological polar surface area (TPSA) is 91.8 Å². The van der Waals surface area contributed by atoms with E-state index in [1.165, 1.54) is 5.56 Å². The number of hydrogen-bond acceptors (Lipinski definition) is 6. The Bertz CT molecular complexity index is 981. The highest BCUT2D eigenvalue weighted by atomic mass is 16.1. The lowest BCUT2D eigenvalue weighted by atomic mass is 9.87. The zero-order valence-electron chi connectivity index (χ0n) is 17.9. The van der Waals surface area contributed by atoms with Crippen LogP contribution in [0, 0.1) is 6.92 Å². The second-order valence-electron chi connectivity index (χ2n) is 8.04. The van der Waals surface area contributed by atoms with E-state index in [4.69, 9.17) is 0 Å². The van der Waals surface area contributed by atoms with Gasteiger partial charge in [-0.15, -0.1) is 0 Å². The number of pyridine rings is 1. The van der Waals surface area contributed by atoms with E-state index in [-0.39, 0.29) is 11.3 Å². The minimum absolute atomic E-state index is 0.0683. The van der Waals surface area contributed by atoms with E-state index in [0.29, 0.717) is 41.9 Å². The van der Waals surface area contributed by atoms with Crippen molar-refractivity contribution in [2.45, 2.75) is 33.1 Å². The maximum atomic E-state index is 12.3. The van der Waals surface area contributed by atoms with Gasteiger partial charge >= 0.3 is 0 Å². The normalized spacial score (nSPS) is 11.1. The van der Waals surface area contributed by atoms with Gasteiger partial charge < -0.3 is 16.0 Å². The van der Waals surface area contributed by atoms with Crippen molar-refractivity contribution in [1.29, 1.82) is 0 Å². The fraction of sp³-hybridized carbons (Fsp3) is 0.304. The SMILES string of the molecule is Cc1nc(NCCNC(=O)c2ccc(C(C)(C)C)cc2)cc(Nc2ccccn2)n1. The average molecular weight is 405 g/mol. The zero-order chi connectivity index (χ0) is 21.6. The fourth-order valence-electron chi connectivity index (χ4n) is 2.88. The number of benzene rings is 1. The van der Waals surface area contributed by atoms with Crippen molar-refractivity contribution >= 4 is 23.4 Å². The van der Waals surface area contributed by atoms with Crippen molar-refractivity contribution in [1.82, 2.24) is 20.3 Å². The van der Waals surface area contributed by atoms with Gasteiger partial charge in [0.2, 0.25) is 0 Å². The lowest BCUT2D eigenvalue weighted by molar-refractivity contribution is 0.0955. The van der Waals surface area contributed by atoms with Crippen LogP contribution in [0.2, 0.25) is 0 Å². The summed E-state index contributed by atoms with van der Waals surface area (Å²) >= 11 is 0. The number of rotatable bonds is 7. The molecule has 3 rings (SSSR count). The first-order chi connectivity index (χ1) is 14.3. The highest BCUT2D eigenvalue weighted by molar-refractivity contribution is 5.94. The van der Waals surface area contributed by atoms with E-state index in [9.17, 15) is 4.79 Å². The van der Waals surface area contributed by atoms with Gasteiger partial charge in [-0.1, -0.05) is 39.0 Å². The second-order valence-corrected chi connectivity index (χ2v) is 8.04. The second kappa shape index (κ2) is 9.35. The average Bonchev–Trinajstić information content (AvgIpc) is 2.71. The van der Waals surface area contributed by atoms with Gasteiger partial charge in [-0.3, -0.25) is 4.79 Å². The van der Waals surface area contributed by atoms with Gasteiger partial charge in [-0.05, 0) is 42.2 Å². The van der Waals surface area contributed by atoms with E-state index in [1.54, 1.807) is 6.20 Å². The van der Waals surface area contributed by atoms with Crippen LogP contribution >= 0.6 is 0 Å². The van der Waals surface area contributed by atoms with E-state index < -0.39 is 0 Å². The molecule has 0 unspecified atom stereocenters. The number of carbonyl (C=O) groups is 1. The Morgan fingerprint density at radius 1 is 0.933 bits per heavy atom. The predicted molar refractivity (Wildman–Crippen MR) is 120 cm³/mol. The Hall–Kier alpha value is -3.48. The Kier molecular flexibility index (Phi) is 6.61. The van der Waals surface area contributed by atoms with Crippen molar-refractivity contribution in [2.24, 2.45) is 0 Å². The maximum absolute atomic E-state index is 12.3. The quantitative estimate of drug-likeness (QED) is 0.514. The standard InChI is InChI=1S/C23H28N6O/c1-16-27-20(15-21(28-16)29-19-7-5-6-12-24-19)25-13-14-26-22(30)17-8-10-18(11-9-17)23(2,3)4/h5-12,15H,13-14H2,1-4H3,(H,26,30)(H2,24,25,27,28,29). The van der Waals surface area contributed by atoms with Gasteiger partial charge in [0, 0.05) is 30.9 Å². The first kappa shape index (κ1) is 21.2. The molecular weight excluding hydrogens is 376 g/mol. The first-order valence-corrected chi connectivity index (χ1v) is 9.97. The van der Waals surface area contributed by atoms with E-state index >= 15 is 0 Å². The summed E-state index contributed by atoms with van der Waals surface area (Å²) in [6.45, 7) is 9.31. The van der Waals surface area contributed by atoms with Crippen LogP contribution in [0.1, 0.15) is 42.5 Å². The Morgan fingerprint density at radius 3 is 2.33 bits per heavy atom. The molecule has 30 heavy (non-hydrogen) atoms. The van der Waals surface area contributed by atoms with Crippen LogP contribution in [0.25, 0.3) is 0 Å². The molecule has 1 amide bonds. The van der Waals surface area contributed by atoms with Gasteiger partial charge in [0.15, 0.2) is 0 Å². The molecule has 7 heteroatoms. The maximum Gasteiger partial charge on any atom is 0.251 e. The molecule has 0 aliphatic heterocycles. The molecule has 0 aliphatic carbocycles. The number of anilines is 3. The molecule has 0 saturated carbocycles. The molecule has 3 aromatic rings. The number of amides is 1. The molecule has 0 aliphatic rings. The fourth-order valence-corrected chi connectivity index (χ4v) is 2.88. The third kappa shape index (κ3) is 6.01. The molecule has 0 radical (unpaired) electrons. The highest BCUT2D eigenvalue weighted by Crippen LogP contribution is 2.22. The Morgan fingerprint density at radius 2 is 1.67 bits per heavy atom. The van der Waals surface area contributed by atoms with Crippen LogP contribution in [0.4, 0.5) is 17.5 Å². The minimum atomic E-state index is -0.0892. The minimum Gasteiger partial charge on any atom is -0.368 e. The first-order valence-electron chi connectivity index (χ1n) is 9.97. The number of aryl methyl sites for hydroxylation is 1. The largest absolute Gasteiger partial charge is 0.368 e. The number of nitrogens with one attached hydrogen (secondary N) is 3. The molecule has 2 aromatic heterocycles. The van der Waals surface area contributed by atoms with Crippen molar-refractivity contribution in [3.05, 3.63) is 71.7 Å². The van der Waals surface area contributed by atoms with E-state index in [2.05, 4.69) is 51.7 Å². The lowest BCUT2D eigenvalue weighted by Gasteiger charge is -2.19. The molecule has 0 saturated heterocycles. The molecule has 2 heterocycles. The summed E-state index contributed by atoms with van der Waals surface area (Å²) in [5.41, 5.74) is 1.93. The monoisotopic (exact) mass is 404 g/mol. The summed E-state index contributed by atoms with van der Waals surface area (Å²) < 4.78 is 0. The van der Waals surface area contributed by atoms with Gasteiger partial charge in [-0.25, -0.2) is 15.0 Å². The van der Waals surface area contributed by atoms with Crippen LogP contribution in [0.3, 0.4) is 0 Å². The Labute approximate surface area is 177 Å². The molecule has 0 bridgehead atoms. The van der Waals surface area contributed by atoms with Crippen LogP contribution in [0.15, 0.2) is 54.7 Å². The molecule has 0 atom stereocenters. The third-order valence-corrected chi connectivity index (χ3v) is 4.49. The summed E-state index contributed by atoms with van der Waals surface area (Å²) in [6, 6.07) is 15.2. The van der Waals surface area contributed by atoms with Gasteiger partial charge in [-0.2, -0.15) is 0 Å². The molecule has 0 fully saturated rings. The summed E-state index contributed by atoms with van der Waals surface area (Å²) in [5.74, 6) is 2.61. The van der Waals surface area contributed by atoms with Gasteiger partial charge in [0.05, 0.1) is 0 Å². The van der Waals surface area contributed by atoms with Crippen molar-refractivity contribution in [3.63, 3.8) is 0 Å².